The Kier molecular flexibility index (Phi) is 8.24. The van der Waals surface area contributed by atoms with E-state index in [1.54, 1.807) is 0 Å². The summed E-state index contributed by atoms with van der Waals surface area (Å²) in [6.45, 7) is 8.72. The highest BCUT2D eigenvalue weighted by molar-refractivity contribution is 5.11. The number of rotatable bonds is 9. The predicted molar refractivity (Wildman–Crippen MR) is 89.3 cm³/mol. The number of nitriles is 1. The van der Waals surface area contributed by atoms with Gasteiger partial charge in [0.15, 0.2) is 0 Å². The van der Waals surface area contributed by atoms with E-state index in [9.17, 15) is 5.26 Å². The van der Waals surface area contributed by atoms with Crippen LogP contribution in [0.3, 0.4) is 0 Å². The minimum atomic E-state index is -0.289. The molecular weight excluding hydrogens is 260 g/mol. The molecule has 1 fully saturated rings. The van der Waals surface area contributed by atoms with E-state index in [1.165, 1.54) is 12.8 Å². The topological polar surface area (TPSA) is 42.3 Å². The second-order valence-corrected chi connectivity index (χ2v) is 6.71. The van der Waals surface area contributed by atoms with Crippen molar-refractivity contribution in [2.24, 2.45) is 0 Å². The van der Waals surface area contributed by atoms with Gasteiger partial charge in [-0.3, -0.25) is 10.2 Å². The van der Waals surface area contributed by atoms with Crippen molar-refractivity contribution in [1.29, 1.82) is 5.26 Å². The maximum Gasteiger partial charge on any atom is 0.108 e. The molecule has 1 aliphatic rings. The molecule has 0 aromatic heterocycles. The molecule has 0 aliphatic heterocycles. The maximum atomic E-state index is 9.68. The molecule has 122 valence electrons. The van der Waals surface area contributed by atoms with Gasteiger partial charge < -0.3 is 4.90 Å². The molecule has 1 rings (SSSR count). The average Bonchev–Trinajstić information content (AvgIpc) is 2.49. The SMILES string of the molecule is CCCNC1(C#N)CCCC(N(CCC)CCN(C)C)C1. The van der Waals surface area contributed by atoms with E-state index in [4.69, 9.17) is 0 Å². The number of nitrogens with zero attached hydrogens (tertiary/aromatic N) is 3. The van der Waals surface area contributed by atoms with Gasteiger partial charge in [-0.15, -0.1) is 0 Å². The maximum absolute atomic E-state index is 9.68. The van der Waals surface area contributed by atoms with Crippen molar-refractivity contribution in [2.45, 2.75) is 64.0 Å². The summed E-state index contributed by atoms with van der Waals surface area (Å²) in [7, 11) is 4.26. The van der Waals surface area contributed by atoms with Crippen LogP contribution in [0.25, 0.3) is 0 Å². The van der Waals surface area contributed by atoms with Crippen molar-refractivity contribution in [3.05, 3.63) is 0 Å². The van der Waals surface area contributed by atoms with Crippen molar-refractivity contribution in [1.82, 2.24) is 15.1 Å². The third-order valence-corrected chi connectivity index (χ3v) is 4.51. The van der Waals surface area contributed by atoms with E-state index in [0.717, 1.165) is 51.9 Å². The van der Waals surface area contributed by atoms with Gasteiger partial charge in [0.05, 0.1) is 6.07 Å². The van der Waals surface area contributed by atoms with Crippen LogP contribution < -0.4 is 5.32 Å². The zero-order valence-electron chi connectivity index (χ0n) is 14.5. The van der Waals surface area contributed by atoms with Crippen LogP contribution in [-0.2, 0) is 0 Å². The Bertz CT molecular complexity index is 323. The largest absolute Gasteiger partial charge is 0.308 e. The number of likely N-dealkylation sites (N-methyl/N-ethyl adjacent to an activating group) is 1. The van der Waals surface area contributed by atoms with Crippen molar-refractivity contribution >= 4 is 0 Å². The lowest BCUT2D eigenvalue weighted by molar-refractivity contribution is 0.112. The summed E-state index contributed by atoms with van der Waals surface area (Å²) in [5.74, 6) is 0. The molecule has 0 spiro atoms. The van der Waals surface area contributed by atoms with Crippen LogP contribution in [0.5, 0.6) is 0 Å². The highest BCUT2D eigenvalue weighted by atomic mass is 15.2. The minimum absolute atomic E-state index is 0.289. The summed E-state index contributed by atoms with van der Waals surface area (Å²) in [6, 6.07) is 3.15. The fourth-order valence-corrected chi connectivity index (χ4v) is 3.32. The van der Waals surface area contributed by atoms with Crippen LogP contribution in [0.15, 0.2) is 0 Å². The van der Waals surface area contributed by atoms with Crippen LogP contribution in [0.4, 0.5) is 0 Å². The van der Waals surface area contributed by atoms with Crippen molar-refractivity contribution < 1.29 is 0 Å². The first-order valence-corrected chi connectivity index (χ1v) is 8.62. The molecule has 1 saturated carbocycles. The molecule has 2 unspecified atom stereocenters. The van der Waals surface area contributed by atoms with Gasteiger partial charge in [-0.25, -0.2) is 0 Å². The van der Waals surface area contributed by atoms with Gasteiger partial charge >= 0.3 is 0 Å². The lowest BCUT2D eigenvalue weighted by Crippen LogP contribution is -2.53. The zero-order valence-corrected chi connectivity index (χ0v) is 14.5. The first-order chi connectivity index (χ1) is 10.1. The summed E-state index contributed by atoms with van der Waals surface area (Å²) in [5, 5.41) is 13.2. The first-order valence-electron chi connectivity index (χ1n) is 8.62. The van der Waals surface area contributed by atoms with Crippen LogP contribution in [0.1, 0.15) is 52.4 Å². The molecule has 0 bridgehead atoms. The van der Waals surface area contributed by atoms with Crippen molar-refractivity contribution in [2.75, 3.05) is 40.3 Å². The standard InChI is InChI=1S/C17H34N4/c1-5-10-19-17(15-18)9-7-8-16(14-17)21(11-6-2)13-12-20(3)4/h16,19H,5-14H2,1-4H3. The summed E-state index contributed by atoms with van der Waals surface area (Å²) in [4.78, 5) is 4.86. The summed E-state index contributed by atoms with van der Waals surface area (Å²) in [5.41, 5.74) is -0.289. The van der Waals surface area contributed by atoms with Gasteiger partial charge in [-0.2, -0.15) is 5.26 Å². The van der Waals surface area contributed by atoms with E-state index in [-0.39, 0.29) is 5.54 Å². The Balaban J connectivity index is 2.67. The fraction of sp³-hybridized carbons (Fsp3) is 0.941. The monoisotopic (exact) mass is 294 g/mol. The summed E-state index contributed by atoms with van der Waals surface area (Å²) in [6.07, 6.45) is 6.67. The van der Waals surface area contributed by atoms with Gasteiger partial charge in [0.2, 0.25) is 0 Å². The van der Waals surface area contributed by atoms with Gasteiger partial charge in [-0.1, -0.05) is 13.8 Å². The lowest BCUT2D eigenvalue weighted by atomic mass is 9.79. The third-order valence-electron chi connectivity index (χ3n) is 4.51. The predicted octanol–water partition coefficient (Wildman–Crippen LogP) is 2.46. The molecule has 21 heavy (non-hydrogen) atoms. The Hall–Kier alpha value is -0.630. The Morgan fingerprint density at radius 1 is 1.19 bits per heavy atom. The lowest BCUT2D eigenvalue weighted by Gasteiger charge is -2.42. The van der Waals surface area contributed by atoms with Crippen LogP contribution >= 0.6 is 0 Å². The van der Waals surface area contributed by atoms with E-state index in [1.807, 2.05) is 0 Å². The third kappa shape index (κ3) is 5.94. The quantitative estimate of drug-likeness (QED) is 0.709. The minimum Gasteiger partial charge on any atom is -0.308 e. The molecule has 1 aliphatic carbocycles. The first kappa shape index (κ1) is 18.4. The molecule has 4 nitrogen and oxygen atoms in total. The molecule has 4 heteroatoms. The summed E-state index contributed by atoms with van der Waals surface area (Å²) >= 11 is 0. The van der Waals surface area contributed by atoms with Gasteiger partial charge in [0, 0.05) is 19.1 Å². The number of nitrogens with one attached hydrogen (secondary N) is 1. The molecular formula is C17H34N4. The second-order valence-electron chi connectivity index (χ2n) is 6.71. The average molecular weight is 294 g/mol. The highest BCUT2D eigenvalue weighted by Gasteiger charge is 2.37. The molecule has 0 aromatic rings. The molecule has 0 radical (unpaired) electrons. The Morgan fingerprint density at radius 2 is 1.95 bits per heavy atom. The number of hydrogen-bond acceptors (Lipinski definition) is 4. The number of hydrogen-bond donors (Lipinski definition) is 1. The second kappa shape index (κ2) is 9.40. The van der Waals surface area contributed by atoms with Crippen LogP contribution in [-0.4, -0.2) is 61.7 Å². The van der Waals surface area contributed by atoms with Crippen LogP contribution in [0, 0.1) is 11.3 Å². The molecule has 0 aromatic carbocycles. The molecule has 0 heterocycles. The smallest absolute Gasteiger partial charge is 0.108 e. The molecule has 0 saturated heterocycles. The highest BCUT2D eigenvalue weighted by Crippen LogP contribution is 2.31. The molecule has 2 atom stereocenters. The Morgan fingerprint density at radius 3 is 2.52 bits per heavy atom. The molecule has 1 N–H and O–H groups in total. The molecule has 0 amide bonds. The Labute approximate surface area is 131 Å². The fourth-order valence-electron chi connectivity index (χ4n) is 3.32. The summed E-state index contributed by atoms with van der Waals surface area (Å²) < 4.78 is 0. The van der Waals surface area contributed by atoms with Crippen molar-refractivity contribution in [3.8, 4) is 6.07 Å². The van der Waals surface area contributed by atoms with Crippen LogP contribution in [0.2, 0.25) is 0 Å². The normalized spacial score (nSPS) is 26.2. The van der Waals surface area contributed by atoms with E-state index in [2.05, 4.69) is 49.1 Å². The van der Waals surface area contributed by atoms with Gasteiger partial charge in [0.25, 0.3) is 0 Å². The van der Waals surface area contributed by atoms with E-state index < -0.39 is 0 Å². The van der Waals surface area contributed by atoms with E-state index in [0.29, 0.717) is 6.04 Å². The van der Waals surface area contributed by atoms with Gasteiger partial charge in [-0.05, 0) is 65.7 Å². The zero-order chi connectivity index (χ0) is 15.7. The van der Waals surface area contributed by atoms with E-state index >= 15 is 0 Å². The van der Waals surface area contributed by atoms with Gasteiger partial charge in [0.1, 0.15) is 5.54 Å². The van der Waals surface area contributed by atoms with Crippen molar-refractivity contribution in [3.63, 3.8) is 0 Å².